The number of aromatic nitrogens is 1. The molecule has 5 nitrogen and oxygen atoms in total. The zero-order valence-electron chi connectivity index (χ0n) is 20.0. The quantitative estimate of drug-likeness (QED) is 0.348. The average molecular weight is 466 g/mol. The van der Waals surface area contributed by atoms with E-state index in [1.54, 1.807) is 0 Å². The number of pyridine rings is 1. The molecule has 0 aliphatic heterocycles. The SMILES string of the molecule is CCOc1ccc(-c2cc(C(=O)N[C@@H]3CC[C@@H](NCc4ccccc4)C3)c3ccccc3n2)cc1. The molecule has 0 spiro atoms. The van der Waals surface area contributed by atoms with E-state index in [9.17, 15) is 4.79 Å². The van der Waals surface area contributed by atoms with Gasteiger partial charge in [-0.05, 0) is 68.1 Å². The summed E-state index contributed by atoms with van der Waals surface area (Å²) in [6, 6.07) is 28.6. The van der Waals surface area contributed by atoms with Crippen molar-refractivity contribution in [2.24, 2.45) is 0 Å². The summed E-state index contributed by atoms with van der Waals surface area (Å²) in [4.78, 5) is 18.3. The van der Waals surface area contributed by atoms with Crippen LogP contribution >= 0.6 is 0 Å². The molecule has 1 fully saturated rings. The molecule has 2 N–H and O–H groups in total. The molecule has 0 bridgehead atoms. The highest BCUT2D eigenvalue weighted by molar-refractivity contribution is 6.07. The predicted octanol–water partition coefficient (Wildman–Crippen LogP) is 5.74. The van der Waals surface area contributed by atoms with Gasteiger partial charge in [-0.2, -0.15) is 0 Å². The normalized spacial score (nSPS) is 17.4. The van der Waals surface area contributed by atoms with Gasteiger partial charge in [-0.25, -0.2) is 4.98 Å². The first-order chi connectivity index (χ1) is 17.2. The second kappa shape index (κ2) is 10.7. The van der Waals surface area contributed by atoms with Crippen LogP contribution < -0.4 is 15.4 Å². The number of ether oxygens (including phenoxy) is 1. The van der Waals surface area contributed by atoms with E-state index >= 15 is 0 Å². The molecule has 1 amide bonds. The molecule has 5 rings (SSSR count). The molecule has 5 heteroatoms. The molecule has 35 heavy (non-hydrogen) atoms. The third-order valence-corrected chi connectivity index (χ3v) is 6.63. The number of benzene rings is 3. The number of carbonyl (C=O) groups excluding carboxylic acids is 1. The van der Waals surface area contributed by atoms with Gasteiger partial charge in [0.05, 0.1) is 23.4 Å². The topological polar surface area (TPSA) is 63.2 Å². The molecular formula is C30H31N3O2. The minimum Gasteiger partial charge on any atom is -0.494 e. The van der Waals surface area contributed by atoms with Gasteiger partial charge in [0.1, 0.15) is 5.75 Å². The minimum atomic E-state index is -0.0375. The van der Waals surface area contributed by atoms with Crippen LogP contribution in [0.15, 0.2) is 84.9 Å². The molecule has 4 aromatic rings. The van der Waals surface area contributed by atoms with Crippen molar-refractivity contribution in [3.05, 3.63) is 96.1 Å². The highest BCUT2D eigenvalue weighted by atomic mass is 16.5. The Morgan fingerprint density at radius 2 is 1.69 bits per heavy atom. The van der Waals surface area contributed by atoms with Gasteiger partial charge >= 0.3 is 0 Å². The molecular weight excluding hydrogens is 434 g/mol. The summed E-state index contributed by atoms with van der Waals surface area (Å²) in [5, 5.41) is 7.81. The molecule has 0 radical (unpaired) electrons. The third kappa shape index (κ3) is 5.52. The van der Waals surface area contributed by atoms with Gasteiger partial charge in [0.25, 0.3) is 5.91 Å². The Morgan fingerprint density at radius 1 is 0.943 bits per heavy atom. The van der Waals surface area contributed by atoms with E-state index in [2.05, 4.69) is 34.9 Å². The van der Waals surface area contributed by atoms with Crippen molar-refractivity contribution in [1.82, 2.24) is 15.6 Å². The molecule has 1 aliphatic rings. The standard InChI is InChI=1S/C30H31N3O2/c1-2-35-25-16-12-22(13-17-25)29-19-27(26-10-6-7-11-28(26)33-29)30(34)32-24-15-14-23(18-24)31-20-21-8-4-3-5-9-21/h3-13,16-17,19,23-24,31H,2,14-15,18,20H2,1H3,(H,32,34)/t23-,24-/m1/s1. The molecule has 1 saturated carbocycles. The van der Waals surface area contributed by atoms with Gasteiger partial charge in [-0.1, -0.05) is 48.5 Å². The van der Waals surface area contributed by atoms with Crippen molar-refractivity contribution in [2.75, 3.05) is 6.61 Å². The molecule has 1 aliphatic carbocycles. The summed E-state index contributed by atoms with van der Waals surface area (Å²) in [5.41, 5.74) is 4.51. The minimum absolute atomic E-state index is 0.0375. The number of fused-ring (bicyclic) bond motifs is 1. The second-order valence-electron chi connectivity index (χ2n) is 9.08. The maximum atomic E-state index is 13.4. The number of para-hydroxylation sites is 1. The highest BCUT2D eigenvalue weighted by Crippen LogP contribution is 2.27. The average Bonchev–Trinajstić information content (AvgIpc) is 3.35. The fourth-order valence-corrected chi connectivity index (χ4v) is 4.82. The lowest BCUT2D eigenvalue weighted by molar-refractivity contribution is 0.0939. The molecule has 0 saturated heterocycles. The van der Waals surface area contributed by atoms with Crippen molar-refractivity contribution in [1.29, 1.82) is 0 Å². The molecule has 2 atom stereocenters. The van der Waals surface area contributed by atoms with E-state index < -0.39 is 0 Å². The van der Waals surface area contributed by atoms with Crippen LogP contribution in [0.1, 0.15) is 42.1 Å². The number of nitrogens with zero attached hydrogens (tertiary/aromatic N) is 1. The number of hydrogen-bond acceptors (Lipinski definition) is 4. The first-order valence-electron chi connectivity index (χ1n) is 12.4. The zero-order valence-corrected chi connectivity index (χ0v) is 20.0. The van der Waals surface area contributed by atoms with Crippen LogP contribution in [-0.2, 0) is 6.54 Å². The Morgan fingerprint density at radius 3 is 2.49 bits per heavy atom. The number of hydrogen-bond donors (Lipinski definition) is 2. The Kier molecular flexibility index (Phi) is 7.05. The van der Waals surface area contributed by atoms with Crippen LogP contribution in [0.2, 0.25) is 0 Å². The van der Waals surface area contributed by atoms with E-state index in [-0.39, 0.29) is 11.9 Å². The fraction of sp³-hybridized carbons (Fsp3) is 0.267. The highest BCUT2D eigenvalue weighted by Gasteiger charge is 2.26. The first-order valence-corrected chi connectivity index (χ1v) is 12.4. The van der Waals surface area contributed by atoms with Crippen LogP contribution in [-0.4, -0.2) is 29.6 Å². The number of amides is 1. The predicted molar refractivity (Wildman–Crippen MR) is 141 cm³/mol. The lowest BCUT2D eigenvalue weighted by atomic mass is 10.0. The van der Waals surface area contributed by atoms with Gasteiger partial charge in [-0.15, -0.1) is 0 Å². The maximum absolute atomic E-state index is 13.4. The van der Waals surface area contributed by atoms with Gasteiger partial charge in [0.15, 0.2) is 0 Å². The Hall–Kier alpha value is -3.70. The molecule has 1 aromatic heterocycles. The summed E-state index contributed by atoms with van der Waals surface area (Å²) < 4.78 is 5.56. The van der Waals surface area contributed by atoms with Gasteiger partial charge in [0, 0.05) is 29.6 Å². The number of rotatable bonds is 8. The number of carbonyl (C=O) groups is 1. The summed E-state index contributed by atoms with van der Waals surface area (Å²) in [6.07, 6.45) is 2.98. The van der Waals surface area contributed by atoms with Crippen LogP contribution in [0, 0.1) is 0 Å². The van der Waals surface area contributed by atoms with Crippen LogP contribution in [0.25, 0.3) is 22.2 Å². The van der Waals surface area contributed by atoms with Gasteiger partial charge in [0.2, 0.25) is 0 Å². The monoisotopic (exact) mass is 465 g/mol. The maximum Gasteiger partial charge on any atom is 0.252 e. The van der Waals surface area contributed by atoms with E-state index in [1.807, 2.05) is 67.6 Å². The smallest absolute Gasteiger partial charge is 0.252 e. The van der Waals surface area contributed by atoms with E-state index in [0.717, 1.165) is 53.7 Å². The summed E-state index contributed by atoms with van der Waals surface area (Å²) in [5.74, 6) is 0.788. The Labute approximate surface area is 206 Å². The lowest BCUT2D eigenvalue weighted by Crippen LogP contribution is -2.35. The van der Waals surface area contributed by atoms with Crippen molar-refractivity contribution in [3.8, 4) is 17.0 Å². The largest absolute Gasteiger partial charge is 0.494 e. The van der Waals surface area contributed by atoms with Crippen LogP contribution in [0.5, 0.6) is 5.75 Å². The second-order valence-corrected chi connectivity index (χ2v) is 9.08. The summed E-state index contributed by atoms with van der Waals surface area (Å²) in [6.45, 7) is 3.45. The number of nitrogens with one attached hydrogen (secondary N) is 2. The van der Waals surface area contributed by atoms with Gasteiger partial charge < -0.3 is 15.4 Å². The first kappa shape index (κ1) is 23.1. The lowest BCUT2D eigenvalue weighted by Gasteiger charge is -2.16. The summed E-state index contributed by atoms with van der Waals surface area (Å²) >= 11 is 0. The van der Waals surface area contributed by atoms with E-state index in [4.69, 9.17) is 9.72 Å². The molecule has 3 aromatic carbocycles. The van der Waals surface area contributed by atoms with Gasteiger partial charge in [-0.3, -0.25) is 4.79 Å². The molecule has 178 valence electrons. The Balaban J connectivity index is 1.31. The van der Waals surface area contributed by atoms with E-state index in [1.165, 1.54) is 5.56 Å². The Bertz CT molecular complexity index is 1290. The van der Waals surface area contributed by atoms with Crippen molar-refractivity contribution in [3.63, 3.8) is 0 Å². The fourth-order valence-electron chi connectivity index (χ4n) is 4.82. The van der Waals surface area contributed by atoms with Crippen molar-refractivity contribution >= 4 is 16.8 Å². The van der Waals surface area contributed by atoms with Crippen molar-refractivity contribution < 1.29 is 9.53 Å². The van der Waals surface area contributed by atoms with Crippen LogP contribution in [0.3, 0.4) is 0 Å². The zero-order chi connectivity index (χ0) is 24.0. The molecule has 0 unspecified atom stereocenters. The van der Waals surface area contributed by atoms with E-state index in [0.29, 0.717) is 18.2 Å². The van der Waals surface area contributed by atoms with Crippen molar-refractivity contribution in [2.45, 2.75) is 44.8 Å². The molecule has 1 heterocycles. The summed E-state index contributed by atoms with van der Waals surface area (Å²) in [7, 11) is 0. The van der Waals surface area contributed by atoms with Crippen LogP contribution in [0.4, 0.5) is 0 Å². The third-order valence-electron chi connectivity index (χ3n) is 6.63.